The largest absolute Gasteiger partial charge is 0.492 e. The van der Waals surface area contributed by atoms with E-state index in [-0.39, 0.29) is 5.78 Å². The van der Waals surface area contributed by atoms with Gasteiger partial charge in [-0.25, -0.2) is 4.98 Å². The van der Waals surface area contributed by atoms with Crippen molar-refractivity contribution in [3.8, 4) is 5.75 Å². The van der Waals surface area contributed by atoms with E-state index in [2.05, 4.69) is 29.2 Å². The van der Waals surface area contributed by atoms with Gasteiger partial charge in [0.1, 0.15) is 12.4 Å². The Balaban J connectivity index is 1.26. The number of fused-ring (bicyclic) bond motifs is 1. The van der Waals surface area contributed by atoms with Crippen LogP contribution in [0.2, 0.25) is 0 Å². The summed E-state index contributed by atoms with van der Waals surface area (Å²) in [5, 5.41) is 1.29. The van der Waals surface area contributed by atoms with Gasteiger partial charge in [-0.15, -0.1) is 11.3 Å². The molecule has 4 rings (SSSR count). The summed E-state index contributed by atoms with van der Waals surface area (Å²) in [5.41, 5.74) is 1.82. The molecule has 1 aromatic heterocycles. The number of likely N-dealkylation sites (tertiary alicyclic amines) is 1. The van der Waals surface area contributed by atoms with E-state index in [0.29, 0.717) is 18.1 Å². The lowest BCUT2D eigenvalue weighted by Crippen LogP contribution is -2.35. The Hall–Kier alpha value is -2.24. The molecule has 1 fully saturated rings. The number of nitrogens with zero attached hydrogens (tertiary/aromatic N) is 2. The summed E-state index contributed by atoms with van der Waals surface area (Å²) in [5.74, 6) is 1.41. The lowest BCUT2D eigenvalue weighted by molar-refractivity contribution is 0.101. The molecule has 140 valence electrons. The van der Waals surface area contributed by atoms with E-state index in [1.165, 1.54) is 9.71 Å². The number of rotatable bonds is 6. The zero-order valence-electron chi connectivity index (χ0n) is 15.6. The van der Waals surface area contributed by atoms with Gasteiger partial charge in [0.25, 0.3) is 0 Å². The first-order valence-electron chi connectivity index (χ1n) is 9.50. The number of aromatic nitrogens is 1. The molecule has 1 aliphatic rings. The molecule has 0 amide bonds. The second-order valence-corrected chi connectivity index (χ2v) is 8.13. The highest BCUT2D eigenvalue weighted by Crippen LogP contribution is 2.33. The quantitative estimate of drug-likeness (QED) is 0.579. The highest BCUT2D eigenvalue weighted by molar-refractivity contribution is 7.18. The molecule has 0 unspecified atom stereocenters. The molecule has 0 aliphatic carbocycles. The van der Waals surface area contributed by atoms with Crippen LogP contribution in [0, 0.1) is 0 Å². The number of piperidine rings is 1. The van der Waals surface area contributed by atoms with Gasteiger partial charge in [0.15, 0.2) is 5.78 Å². The Bertz CT molecular complexity index is 896. The lowest BCUT2D eigenvalue weighted by Gasteiger charge is -2.30. The normalized spacial score (nSPS) is 15.9. The van der Waals surface area contributed by atoms with Gasteiger partial charge in [-0.05, 0) is 57.1 Å². The van der Waals surface area contributed by atoms with Crippen LogP contribution in [0.3, 0.4) is 0 Å². The predicted octanol–water partition coefficient (Wildman–Crippen LogP) is 4.76. The molecule has 3 aromatic rings. The van der Waals surface area contributed by atoms with Crippen molar-refractivity contribution < 1.29 is 9.53 Å². The van der Waals surface area contributed by atoms with Crippen LogP contribution in [0.5, 0.6) is 5.75 Å². The van der Waals surface area contributed by atoms with Crippen molar-refractivity contribution in [2.75, 3.05) is 26.2 Å². The van der Waals surface area contributed by atoms with E-state index in [4.69, 9.17) is 9.72 Å². The standard InChI is InChI=1S/C22H24N2O2S/c1-16(25)18-5-4-6-19(15-18)26-14-13-24-11-9-17(10-12-24)22-23-20-7-2-3-8-21(20)27-22/h2-8,15,17H,9-14H2,1H3. The van der Waals surface area contributed by atoms with Crippen molar-refractivity contribution in [3.63, 3.8) is 0 Å². The summed E-state index contributed by atoms with van der Waals surface area (Å²) in [7, 11) is 0. The summed E-state index contributed by atoms with van der Waals surface area (Å²) in [6.45, 7) is 5.30. The van der Waals surface area contributed by atoms with Crippen LogP contribution in [0.4, 0.5) is 0 Å². The SMILES string of the molecule is CC(=O)c1cccc(OCCN2CCC(c3nc4ccccc4s3)CC2)c1. The first-order valence-corrected chi connectivity index (χ1v) is 10.3. The fourth-order valence-corrected chi connectivity index (χ4v) is 4.70. The van der Waals surface area contributed by atoms with Crippen LogP contribution in [0.15, 0.2) is 48.5 Å². The Labute approximate surface area is 163 Å². The van der Waals surface area contributed by atoms with Crippen molar-refractivity contribution in [1.29, 1.82) is 0 Å². The first kappa shape index (κ1) is 18.1. The maximum Gasteiger partial charge on any atom is 0.159 e. The number of hydrogen-bond acceptors (Lipinski definition) is 5. The number of carbonyl (C=O) groups excluding carboxylic acids is 1. The Morgan fingerprint density at radius 2 is 2.00 bits per heavy atom. The fraction of sp³-hybridized carbons (Fsp3) is 0.364. The van der Waals surface area contributed by atoms with Gasteiger partial charge in [0.05, 0.1) is 15.2 Å². The second kappa shape index (κ2) is 8.19. The van der Waals surface area contributed by atoms with Crippen LogP contribution in [0.25, 0.3) is 10.2 Å². The molecule has 1 aliphatic heterocycles. The van der Waals surface area contributed by atoms with E-state index < -0.39 is 0 Å². The minimum atomic E-state index is 0.0670. The minimum absolute atomic E-state index is 0.0670. The molecule has 0 atom stereocenters. The van der Waals surface area contributed by atoms with Crippen molar-refractivity contribution >= 4 is 27.3 Å². The molecule has 0 N–H and O–H groups in total. The van der Waals surface area contributed by atoms with Crippen molar-refractivity contribution in [2.45, 2.75) is 25.7 Å². The smallest absolute Gasteiger partial charge is 0.159 e. The Kier molecular flexibility index (Phi) is 5.50. The molecule has 0 saturated carbocycles. The molecule has 5 heteroatoms. The topological polar surface area (TPSA) is 42.4 Å². The van der Waals surface area contributed by atoms with Crippen molar-refractivity contribution in [3.05, 3.63) is 59.1 Å². The molecule has 2 heterocycles. The van der Waals surface area contributed by atoms with Gasteiger partial charge in [-0.1, -0.05) is 24.3 Å². The molecular formula is C22H24N2O2S. The Morgan fingerprint density at radius 3 is 2.78 bits per heavy atom. The minimum Gasteiger partial charge on any atom is -0.492 e. The predicted molar refractivity (Wildman–Crippen MR) is 110 cm³/mol. The van der Waals surface area contributed by atoms with Crippen molar-refractivity contribution in [2.24, 2.45) is 0 Å². The highest BCUT2D eigenvalue weighted by Gasteiger charge is 2.23. The maximum atomic E-state index is 11.5. The van der Waals surface area contributed by atoms with E-state index in [9.17, 15) is 4.79 Å². The van der Waals surface area contributed by atoms with Gasteiger partial charge < -0.3 is 4.74 Å². The summed E-state index contributed by atoms with van der Waals surface area (Å²) in [6, 6.07) is 15.8. The van der Waals surface area contributed by atoms with E-state index in [1.54, 1.807) is 6.92 Å². The van der Waals surface area contributed by atoms with E-state index in [0.717, 1.165) is 43.7 Å². The number of ketones is 1. The highest BCUT2D eigenvalue weighted by atomic mass is 32.1. The number of ether oxygens (including phenoxy) is 1. The molecule has 0 spiro atoms. The zero-order valence-corrected chi connectivity index (χ0v) is 16.4. The number of para-hydroxylation sites is 1. The summed E-state index contributed by atoms with van der Waals surface area (Å²) < 4.78 is 7.13. The first-order chi connectivity index (χ1) is 13.2. The van der Waals surface area contributed by atoms with Crippen LogP contribution < -0.4 is 4.74 Å². The molecule has 2 aromatic carbocycles. The fourth-order valence-electron chi connectivity index (χ4n) is 3.57. The van der Waals surface area contributed by atoms with Gasteiger partial charge in [-0.3, -0.25) is 9.69 Å². The monoisotopic (exact) mass is 380 g/mol. The van der Waals surface area contributed by atoms with Gasteiger partial charge in [-0.2, -0.15) is 0 Å². The third-order valence-electron chi connectivity index (χ3n) is 5.16. The molecule has 27 heavy (non-hydrogen) atoms. The Morgan fingerprint density at radius 1 is 1.19 bits per heavy atom. The number of thiazole rings is 1. The summed E-state index contributed by atoms with van der Waals surface area (Å²) in [6.07, 6.45) is 2.30. The van der Waals surface area contributed by atoms with E-state index in [1.807, 2.05) is 35.6 Å². The average molecular weight is 381 g/mol. The van der Waals surface area contributed by atoms with Crippen LogP contribution in [-0.2, 0) is 0 Å². The van der Waals surface area contributed by atoms with Gasteiger partial charge in [0.2, 0.25) is 0 Å². The number of benzene rings is 2. The summed E-state index contributed by atoms with van der Waals surface area (Å²) in [4.78, 5) is 18.7. The van der Waals surface area contributed by atoms with E-state index >= 15 is 0 Å². The zero-order chi connectivity index (χ0) is 18.6. The number of hydrogen-bond donors (Lipinski definition) is 0. The van der Waals surface area contributed by atoms with Crippen LogP contribution >= 0.6 is 11.3 Å². The summed E-state index contributed by atoms with van der Waals surface area (Å²) >= 11 is 1.84. The average Bonchev–Trinajstić information content (AvgIpc) is 3.13. The molecule has 0 bridgehead atoms. The van der Waals surface area contributed by atoms with Gasteiger partial charge >= 0.3 is 0 Å². The van der Waals surface area contributed by atoms with Crippen LogP contribution in [0.1, 0.15) is 41.0 Å². The molecule has 1 saturated heterocycles. The number of Topliss-reactive ketones (excluding diaryl/α,β-unsaturated/α-hetero) is 1. The molecule has 0 radical (unpaired) electrons. The van der Waals surface area contributed by atoms with Gasteiger partial charge in [0, 0.05) is 18.0 Å². The van der Waals surface area contributed by atoms with Crippen molar-refractivity contribution in [1.82, 2.24) is 9.88 Å². The maximum absolute atomic E-state index is 11.5. The lowest BCUT2D eigenvalue weighted by atomic mass is 9.97. The second-order valence-electron chi connectivity index (χ2n) is 7.07. The third kappa shape index (κ3) is 4.37. The third-order valence-corrected chi connectivity index (χ3v) is 6.36. The molecule has 4 nitrogen and oxygen atoms in total. The molecular weight excluding hydrogens is 356 g/mol. The number of carbonyl (C=O) groups is 1. The van der Waals surface area contributed by atoms with Crippen LogP contribution in [-0.4, -0.2) is 41.9 Å².